The molecule has 0 bridgehead atoms. The minimum Gasteiger partial charge on any atom is -0.448 e. The molecule has 0 saturated carbocycles. The van der Waals surface area contributed by atoms with Gasteiger partial charge in [0.25, 0.3) is 5.91 Å². The van der Waals surface area contributed by atoms with Crippen molar-refractivity contribution in [1.29, 1.82) is 0 Å². The summed E-state index contributed by atoms with van der Waals surface area (Å²) in [5.41, 5.74) is 1.42. The van der Waals surface area contributed by atoms with Crippen LogP contribution in [0.3, 0.4) is 0 Å². The minimum atomic E-state index is -1.01. The lowest BCUT2D eigenvalue weighted by atomic mass is 10.2. The molecule has 0 saturated heterocycles. The summed E-state index contributed by atoms with van der Waals surface area (Å²) in [4.78, 5) is 32.5. The number of nitrogens with one attached hydrogen (secondary N) is 1. The third-order valence-electron chi connectivity index (χ3n) is 3.40. The van der Waals surface area contributed by atoms with Gasteiger partial charge in [-0.1, -0.05) is 41.9 Å². The second-order valence-electron chi connectivity index (χ2n) is 5.28. The highest BCUT2D eigenvalue weighted by Crippen LogP contribution is 2.24. The number of hydrogen-bond acceptors (Lipinski definition) is 6. The number of benzene rings is 1. The molecule has 8 heteroatoms. The first-order valence-corrected chi connectivity index (χ1v) is 8.93. The molecule has 0 aliphatic rings. The van der Waals surface area contributed by atoms with Crippen molar-refractivity contribution in [1.82, 2.24) is 9.97 Å². The highest BCUT2D eigenvalue weighted by atomic mass is 35.5. The van der Waals surface area contributed by atoms with Crippen LogP contribution in [0.25, 0.3) is 10.6 Å². The van der Waals surface area contributed by atoms with Crippen molar-refractivity contribution in [2.45, 2.75) is 13.0 Å². The van der Waals surface area contributed by atoms with E-state index in [2.05, 4.69) is 15.3 Å². The van der Waals surface area contributed by atoms with Crippen molar-refractivity contribution in [2.75, 3.05) is 5.32 Å². The van der Waals surface area contributed by atoms with Gasteiger partial charge < -0.3 is 10.1 Å². The van der Waals surface area contributed by atoms with E-state index in [-0.39, 0.29) is 10.8 Å². The Hall–Kier alpha value is -2.77. The molecule has 6 nitrogen and oxygen atoms in total. The third kappa shape index (κ3) is 4.25. The van der Waals surface area contributed by atoms with Crippen molar-refractivity contribution in [3.05, 3.63) is 64.9 Å². The summed E-state index contributed by atoms with van der Waals surface area (Å²) in [6, 6.07) is 12.7. The molecule has 0 spiro atoms. The predicted octanol–water partition coefficient (Wildman–Crippen LogP) is 4.04. The second kappa shape index (κ2) is 8.07. The fourth-order valence-electron chi connectivity index (χ4n) is 2.07. The molecule has 0 aliphatic heterocycles. The van der Waals surface area contributed by atoms with E-state index in [4.69, 9.17) is 16.3 Å². The lowest BCUT2D eigenvalue weighted by Gasteiger charge is -2.13. The van der Waals surface area contributed by atoms with Gasteiger partial charge in [-0.25, -0.2) is 14.8 Å². The largest absolute Gasteiger partial charge is 0.448 e. The van der Waals surface area contributed by atoms with Gasteiger partial charge in [0.15, 0.2) is 17.0 Å². The zero-order valence-corrected chi connectivity index (χ0v) is 15.3. The SMILES string of the molecule is CC(OC(=O)c1csc(-c2ccccc2)n1)C(=O)Nc1cccnc1Cl. The highest BCUT2D eigenvalue weighted by molar-refractivity contribution is 7.13. The normalized spacial score (nSPS) is 11.6. The summed E-state index contributed by atoms with van der Waals surface area (Å²) in [6.07, 6.45) is 0.495. The molecular weight excluding hydrogens is 374 g/mol. The van der Waals surface area contributed by atoms with Crippen LogP contribution < -0.4 is 5.32 Å². The molecule has 26 heavy (non-hydrogen) atoms. The molecule has 0 fully saturated rings. The minimum absolute atomic E-state index is 0.159. The Morgan fingerprint density at radius 1 is 1.19 bits per heavy atom. The van der Waals surface area contributed by atoms with Crippen molar-refractivity contribution >= 4 is 40.5 Å². The van der Waals surface area contributed by atoms with E-state index in [1.54, 1.807) is 17.5 Å². The number of aromatic nitrogens is 2. The topological polar surface area (TPSA) is 81.2 Å². The fourth-order valence-corrected chi connectivity index (χ4v) is 3.03. The van der Waals surface area contributed by atoms with Crippen molar-refractivity contribution < 1.29 is 14.3 Å². The first-order chi connectivity index (χ1) is 12.5. The zero-order valence-electron chi connectivity index (χ0n) is 13.7. The van der Waals surface area contributed by atoms with E-state index in [9.17, 15) is 9.59 Å². The van der Waals surface area contributed by atoms with E-state index < -0.39 is 18.0 Å². The van der Waals surface area contributed by atoms with Gasteiger partial charge in [0.1, 0.15) is 5.01 Å². The number of nitrogens with zero attached hydrogens (tertiary/aromatic N) is 2. The smallest absolute Gasteiger partial charge is 0.358 e. The van der Waals surface area contributed by atoms with Crippen LogP contribution in [0, 0.1) is 0 Å². The average molecular weight is 388 g/mol. The van der Waals surface area contributed by atoms with Crippen LogP contribution in [0.1, 0.15) is 17.4 Å². The maximum Gasteiger partial charge on any atom is 0.358 e. The average Bonchev–Trinajstić information content (AvgIpc) is 3.14. The standard InChI is InChI=1S/C18H14ClN3O3S/c1-11(16(23)21-13-8-5-9-20-15(13)19)25-18(24)14-10-26-17(22-14)12-6-3-2-4-7-12/h2-11H,1H3,(H,21,23). The molecule has 0 aliphatic carbocycles. The summed E-state index contributed by atoms with van der Waals surface area (Å²) in [5, 5.41) is 5.04. The summed E-state index contributed by atoms with van der Waals surface area (Å²) in [7, 11) is 0. The monoisotopic (exact) mass is 387 g/mol. The van der Waals surface area contributed by atoms with Crippen molar-refractivity contribution in [3.63, 3.8) is 0 Å². The molecule has 132 valence electrons. The molecule has 0 radical (unpaired) electrons. The van der Waals surface area contributed by atoms with Crippen LogP contribution in [0.4, 0.5) is 5.69 Å². The van der Waals surface area contributed by atoms with E-state index in [0.29, 0.717) is 10.7 Å². The molecule has 1 N–H and O–H groups in total. The maximum atomic E-state index is 12.2. The molecule has 2 heterocycles. The second-order valence-corrected chi connectivity index (χ2v) is 6.50. The predicted molar refractivity (Wildman–Crippen MR) is 100 cm³/mol. The number of rotatable bonds is 5. The Bertz CT molecular complexity index is 930. The van der Waals surface area contributed by atoms with Gasteiger partial charge in [0.05, 0.1) is 5.69 Å². The molecule has 1 atom stereocenters. The van der Waals surface area contributed by atoms with E-state index in [1.807, 2.05) is 30.3 Å². The maximum absolute atomic E-state index is 12.2. The summed E-state index contributed by atoms with van der Waals surface area (Å²) < 4.78 is 5.19. The first kappa shape index (κ1) is 18.0. The Morgan fingerprint density at radius 2 is 1.96 bits per heavy atom. The van der Waals surface area contributed by atoms with Gasteiger partial charge in [-0.15, -0.1) is 11.3 Å². The number of amides is 1. The van der Waals surface area contributed by atoms with Crippen LogP contribution in [0.2, 0.25) is 5.15 Å². The van der Waals surface area contributed by atoms with Crippen LogP contribution in [0.15, 0.2) is 54.0 Å². The van der Waals surface area contributed by atoms with Gasteiger partial charge in [-0.05, 0) is 19.1 Å². The number of halogens is 1. The number of anilines is 1. The van der Waals surface area contributed by atoms with Gasteiger partial charge in [-0.3, -0.25) is 4.79 Å². The fraction of sp³-hybridized carbons (Fsp3) is 0.111. The quantitative estimate of drug-likeness (QED) is 0.527. The van der Waals surface area contributed by atoms with E-state index in [0.717, 1.165) is 5.56 Å². The Kier molecular flexibility index (Phi) is 5.60. The zero-order chi connectivity index (χ0) is 18.5. The molecule has 1 unspecified atom stereocenters. The van der Waals surface area contributed by atoms with Gasteiger partial charge >= 0.3 is 5.97 Å². The number of thiazole rings is 1. The van der Waals surface area contributed by atoms with E-state index >= 15 is 0 Å². The van der Waals surface area contributed by atoms with Crippen molar-refractivity contribution in [3.8, 4) is 10.6 Å². The first-order valence-electron chi connectivity index (χ1n) is 7.68. The number of pyridine rings is 1. The lowest BCUT2D eigenvalue weighted by molar-refractivity contribution is -0.123. The highest BCUT2D eigenvalue weighted by Gasteiger charge is 2.21. The molecule has 2 aromatic heterocycles. The summed E-state index contributed by atoms with van der Waals surface area (Å²) in [6.45, 7) is 1.47. The number of hydrogen-bond donors (Lipinski definition) is 1. The molecular formula is C18H14ClN3O3S. The van der Waals surface area contributed by atoms with Gasteiger partial charge in [0, 0.05) is 17.1 Å². The van der Waals surface area contributed by atoms with Crippen molar-refractivity contribution in [2.24, 2.45) is 0 Å². The molecule has 3 aromatic rings. The molecule has 1 amide bonds. The van der Waals surface area contributed by atoms with E-state index in [1.165, 1.54) is 24.5 Å². The Morgan fingerprint density at radius 3 is 2.69 bits per heavy atom. The lowest BCUT2D eigenvalue weighted by Crippen LogP contribution is -2.30. The molecule has 3 rings (SSSR count). The van der Waals surface area contributed by atoms with Crippen LogP contribution in [-0.4, -0.2) is 27.9 Å². The van der Waals surface area contributed by atoms with Crippen LogP contribution in [-0.2, 0) is 9.53 Å². The molecule has 1 aromatic carbocycles. The third-order valence-corrected chi connectivity index (χ3v) is 4.60. The number of ether oxygens (including phenoxy) is 1. The van der Waals surface area contributed by atoms with Crippen LogP contribution >= 0.6 is 22.9 Å². The summed E-state index contributed by atoms with van der Waals surface area (Å²) in [5.74, 6) is -1.17. The van der Waals surface area contributed by atoms with Crippen LogP contribution in [0.5, 0.6) is 0 Å². The Labute approximate surface area is 158 Å². The summed E-state index contributed by atoms with van der Waals surface area (Å²) >= 11 is 7.23. The Balaban J connectivity index is 1.63. The number of carbonyl (C=O) groups excluding carboxylic acids is 2. The number of carbonyl (C=O) groups is 2. The number of esters is 1. The van der Waals surface area contributed by atoms with Gasteiger partial charge in [-0.2, -0.15) is 0 Å². The van der Waals surface area contributed by atoms with Gasteiger partial charge in [0.2, 0.25) is 0 Å².